The molecule has 2 atom stereocenters. The molecule has 0 saturated heterocycles. The third kappa shape index (κ3) is 4.48. The summed E-state index contributed by atoms with van der Waals surface area (Å²) in [6, 6.07) is 8.29. The van der Waals surface area contributed by atoms with Crippen LogP contribution in [-0.2, 0) is 9.53 Å². The van der Waals surface area contributed by atoms with Crippen molar-refractivity contribution in [2.75, 3.05) is 6.61 Å². The summed E-state index contributed by atoms with van der Waals surface area (Å²) in [5.74, 6) is 1.16. The summed E-state index contributed by atoms with van der Waals surface area (Å²) in [5, 5.41) is 0. The first-order valence-corrected chi connectivity index (χ1v) is 8.16. The topological polar surface area (TPSA) is 35.5 Å². The number of carbonyl (C=O) groups excluding carboxylic acids is 1. The van der Waals surface area contributed by atoms with Crippen molar-refractivity contribution in [3.63, 3.8) is 0 Å². The number of benzene rings is 1. The number of carbonyl (C=O) groups is 1. The van der Waals surface area contributed by atoms with Crippen LogP contribution in [0.3, 0.4) is 0 Å². The van der Waals surface area contributed by atoms with Gasteiger partial charge in [-0.25, -0.2) is 0 Å². The van der Waals surface area contributed by atoms with Crippen molar-refractivity contribution in [3.8, 4) is 5.75 Å². The van der Waals surface area contributed by atoms with E-state index >= 15 is 0 Å². The van der Waals surface area contributed by atoms with Crippen LogP contribution in [0.4, 0.5) is 0 Å². The summed E-state index contributed by atoms with van der Waals surface area (Å²) >= 11 is 0. The summed E-state index contributed by atoms with van der Waals surface area (Å²) in [6.45, 7) is 4.70. The fraction of sp³-hybridized carbons (Fsp3) is 0.611. The molecule has 1 fully saturated rings. The molecule has 1 saturated carbocycles. The Balaban J connectivity index is 2.04. The molecule has 2 rings (SSSR count). The molecule has 116 valence electrons. The average molecular weight is 290 g/mol. The zero-order chi connectivity index (χ0) is 15.1. The molecular weight excluding hydrogens is 264 g/mol. The van der Waals surface area contributed by atoms with Gasteiger partial charge in [0.2, 0.25) is 0 Å². The normalized spacial score (nSPS) is 21.8. The van der Waals surface area contributed by atoms with Crippen molar-refractivity contribution in [2.45, 2.75) is 64.4 Å². The van der Waals surface area contributed by atoms with E-state index in [-0.39, 0.29) is 12.1 Å². The van der Waals surface area contributed by atoms with Gasteiger partial charge in [0.25, 0.3) is 0 Å². The minimum Gasteiger partial charge on any atom is -0.494 e. The van der Waals surface area contributed by atoms with Gasteiger partial charge < -0.3 is 9.47 Å². The summed E-state index contributed by atoms with van der Waals surface area (Å²) in [7, 11) is 0. The number of hydrogen-bond acceptors (Lipinski definition) is 3. The highest BCUT2D eigenvalue weighted by atomic mass is 16.5. The highest BCUT2D eigenvalue weighted by Crippen LogP contribution is 2.35. The van der Waals surface area contributed by atoms with Crippen molar-refractivity contribution in [1.29, 1.82) is 0 Å². The molecule has 0 amide bonds. The van der Waals surface area contributed by atoms with E-state index in [1.54, 1.807) is 0 Å². The highest BCUT2D eigenvalue weighted by Gasteiger charge is 2.29. The Hall–Kier alpha value is -1.51. The molecule has 0 radical (unpaired) electrons. The second-order valence-corrected chi connectivity index (χ2v) is 5.69. The Morgan fingerprint density at radius 3 is 2.52 bits per heavy atom. The first kappa shape index (κ1) is 15.9. The molecule has 3 heteroatoms. The molecule has 0 bridgehead atoms. The lowest BCUT2D eigenvalue weighted by atomic mass is 9.81. The first-order valence-electron chi connectivity index (χ1n) is 8.16. The third-order valence-electron chi connectivity index (χ3n) is 4.06. The second-order valence-electron chi connectivity index (χ2n) is 5.69. The molecule has 1 aliphatic rings. The molecule has 0 unspecified atom stereocenters. The van der Waals surface area contributed by atoms with Crippen LogP contribution in [0.5, 0.6) is 5.75 Å². The molecule has 0 aromatic heterocycles. The van der Waals surface area contributed by atoms with E-state index in [1.807, 2.05) is 19.1 Å². The molecule has 0 heterocycles. The number of ether oxygens (including phenoxy) is 2. The van der Waals surface area contributed by atoms with Gasteiger partial charge in [-0.3, -0.25) is 4.79 Å². The van der Waals surface area contributed by atoms with Crippen LogP contribution in [0.15, 0.2) is 24.3 Å². The van der Waals surface area contributed by atoms with Gasteiger partial charge in [-0.1, -0.05) is 32.4 Å². The third-order valence-corrected chi connectivity index (χ3v) is 4.06. The zero-order valence-electron chi connectivity index (χ0n) is 13.1. The Morgan fingerprint density at radius 1 is 1.14 bits per heavy atom. The number of esters is 1. The largest absolute Gasteiger partial charge is 0.494 e. The van der Waals surface area contributed by atoms with E-state index in [9.17, 15) is 4.79 Å². The summed E-state index contributed by atoms with van der Waals surface area (Å²) in [6.07, 6.45) is 5.93. The Labute approximate surface area is 127 Å². The predicted octanol–water partition coefficient (Wildman–Crippen LogP) is 4.45. The molecular formula is C18H26O3. The fourth-order valence-corrected chi connectivity index (χ4v) is 2.90. The lowest BCUT2D eigenvalue weighted by molar-refractivity contribution is -0.151. The van der Waals surface area contributed by atoms with Gasteiger partial charge in [0, 0.05) is 12.3 Å². The van der Waals surface area contributed by atoms with Crippen molar-refractivity contribution >= 4 is 5.97 Å². The maximum atomic E-state index is 11.6. The lowest BCUT2D eigenvalue weighted by Gasteiger charge is -2.31. The quantitative estimate of drug-likeness (QED) is 0.726. The monoisotopic (exact) mass is 290 g/mol. The molecule has 0 N–H and O–H groups in total. The van der Waals surface area contributed by atoms with Gasteiger partial charge >= 0.3 is 5.97 Å². The molecule has 3 nitrogen and oxygen atoms in total. The minimum absolute atomic E-state index is 0.0358. The maximum absolute atomic E-state index is 11.6. The SMILES string of the molecule is CCCOc1ccc([C@H]2CCCC[C@@H]2OC(=O)CC)cc1. The van der Waals surface area contributed by atoms with Gasteiger partial charge in [-0.2, -0.15) is 0 Å². The molecule has 0 aliphatic heterocycles. The smallest absolute Gasteiger partial charge is 0.305 e. The second kappa shape index (κ2) is 8.06. The number of rotatable bonds is 6. The van der Waals surface area contributed by atoms with E-state index < -0.39 is 0 Å². The first-order chi connectivity index (χ1) is 10.2. The van der Waals surface area contributed by atoms with Crippen LogP contribution < -0.4 is 4.74 Å². The van der Waals surface area contributed by atoms with Crippen molar-refractivity contribution in [3.05, 3.63) is 29.8 Å². The van der Waals surface area contributed by atoms with Crippen molar-refractivity contribution < 1.29 is 14.3 Å². The van der Waals surface area contributed by atoms with E-state index in [0.29, 0.717) is 12.3 Å². The highest BCUT2D eigenvalue weighted by molar-refractivity contribution is 5.69. The van der Waals surface area contributed by atoms with Gasteiger partial charge in [0.15, 0.2) is 0 Å². The summed E-state index contributed by atoms with van der Waals surface area (Å²) in [4.78, 5) is 11.6. The minimum atomic E-state index is -0.0881. The van der Waals surface area contributed by atoms with Gasteiger partial charge in [-0.05, 0) is 43.4 Å². The van der Waals surface area contributed by atoms with Crippen LogP contribution in [0, 0.1) is 0 Å². The van der Waals surface area contributed by atoms with Crippen LogP contribution in [-0.4, -0.2) is 18.7 Å². The van der Waals surface area contributed by atoms with E-state index in [4.69, 9.17) is 9.47 Å². The predicted molar refractivity (Wildman–Crippen MR) is 83.6 cm³/mol. The van der Waals surface area contributed by atoms with Gasteiger partial charge in [0.1, 0.15) is 11.9 Å². The summed E-state index contributed by atoms with van der Waals surface area (Å²) < 4.78 is 11.3. The lowest BCUT2D eigenvalue weighted by Crippen LogP contribution is -2.28. The van der Waals surface area contributed by atoms with Crippen molar-refractivity contribution in [2.24, 2.45) is 0 Å². The summed E-state index contributed by atoms with van der Waals surface area (Å²) in [5.41, 5.74) is 1.26. The van der Waals surface area contributed by atoms with Gasteiger partial charge in [0.05, 0.1) is 6.61 Å². The van der Waals surface area contributed by atoms with Crippen molar-refractivity contribution in [1.82, 2.24) is 0 Å². The standard InChI is InChI=1S/C18H26O3/c1-3-13-20-15-11-9-14(10-12-15)16-7-5-6-8-17(16)21-18(19)4-2/h9-12,16-17H,3-8,13H2,1-2H3/t16-,17+/m1/s1. The molecule has 0 spiro atoms. The number of hydrogen-bond donors (Lipinski definition) is 0. The molecule has 1 aliphatic carbocycles. The van der Waals surface area contributed by atoms with Crippen LogP contribution in [0.1, 0.15) is 63.9 Å². The van der Waals surface area contributed by atoms with Gasteiger partial charge in [-0.15, -0.1) is 0 Å². The zero-order valence-corrected chi connectivity index (χ0v) is 13.1. The van der Waals surface area contributed by atoms with E-state index in [1.165, 1.54) is 12.0 Å². The van der Waals surface area contributed by atoms with Crippen LogP contribution >= 0.6 is 0 Å². The Morgan fingerprint density at radius 2 is 1.86 bits per heavy atom. The van der Waals surface area contributed by atoms with Crippen LogP contribution in [0.2, 0.25) is 0 Å². The average Bonchev–Trinajstić information content (AvgIpc) is 2.54. The Bertz CT molecular complexity index is 438. The molecule has 21 heavy (non-hydrogen) atoms. The molecule has 1 aromatic carbocycles. The molecule has 1 aromatic rings. The van der Waals surface area contributed by atoms with Crippen LogP contribution in [0.25, 0.3) is 0 Å². The van der Waals surface area contributed by atoms with E-state index in [0.717, 1.165) is 38.0 Å². The fourth-order valence-electron chi connectivity index (χ4n) is 2.90. The van der Waals surface area contributed by atoms with E-state index in [2.05, 4.69) is 19.1 Å². The Kier molecular flexibility index (Phi) is 6.09. The maximum Gasteiger partial charge on any atom is 0.305 e.